The number of piperidine rings is 1. The number of hydrogen-bond donors (Lipinski definition) is 3. The van der Waals surface area contributed by atoms with Crippen molar-refractivity contribution >= 4 is 29.9 Å². The normalized spacial score (nSPS) is 16.6. The van der Waals surface area contributed by atoms with E-state index in [1.807, 2.05) is 48.2 Å². The number of allylic oxidation sites excluding steroid dienone is 3. The molecule has 2 N–H and O–H groups in total. The lowest BCUT2D eigenvalue weighted by atomic mass is 9.99. The van der Waals surface area contributed by atoms with E-state index >= 15 is 0 Å². The molecule has 9 heteroatoms. The Morgan fingerprint density at radius 1 is 1.10 bits per heavy atom. The van der Waals surface area contributed by atoms with E-state index < -0.39 is 0 Å². The summed E-state index contributed by atoms with van der Waals surface area (Å²) in [4.78, 5) is 19.9. The molecule has 2 aliphatic rings. The first-order chi connectivity index (χ1) is 19.8. The molecule has 216 valence electrons. The molecule has 4 rings (SSSR count). The van der Waals surface area contributed by atoms with Gasteiger partial charge >= 0.3 is 0 Å². The second-order valence-electron chi connectivity index (χ2n) is 10.6. The number of nitrogens with zero attached hydrogens (tertiary/aromatic N) is 4. The second-order valence-corrected chi connectivity index (χ2v) is 10.9. The van der Waals surface area contributed by atoms with Crippen molar-refractivity contribution < 1.29 is 9.28 Å². The molecule has 0 aliphatic carbocycles. The summed E-state index contributed by atoms with van der Waals surface area (Å²) in [5, 5.41) is 13.2. The van der Waals surface area contributed by atoms with E-state index in [-0.39, 0.29) is 11.7 Å². The zero-order chi connectivity index (χ0) is 29.4. The molecule has 0 unspecified atom stereocenters. The molecule has 2 aliphatic heterocycles. The van der Waals surface area contributed by atoms with Crippen molar-refractivity contribution in [2.45, 2.75) is 32.7 Å². The minimum absolute atomic E-state index is 0.0460. The molecule has 0 spiro atoms. The standard InChI is InChI=1S/C32H39FN6OS/c1-23-19-24(2)30(35-27-11-13-38(14-12-27)31-10-5-4-8-26(31)21-34)20-29(23)32(40)39-17-15-37(16-18-39)25(3)7-6-9-28(22-41)36-33/h4-10,19-20,27,35-36,41H,3,11-18,22H2,1-2H3/b7-6-,28-9+. The van der Waals surface area contributed by atoms with Crippen molar-refractivity contribution in [3.05, 3.63) is 94.9 Å². The molecule has 2 saturated heterocycles. The smallest absolute Gasteiger partial charge is 0.254 e. The van der Waals surface area contributed by atoms with Crippen LogP contribution in [-0.2, 0) is 0 Å². The maximum Gasteiger partial charge on any atom is 0.254 e. The topological polar surface area (TPSA) is 74.6 Å². The van der Waals surface area contributed by atoms with Gasteiger partial charge in [0.1, 0.15) is 6.07 Å². The van der Waals surface area contributed by atoms with Crippen LogP contribution in [0.2, 0.25) is 0 Å². The first-order valence-corrected chi connectivity index (χ1v) is 14.7. The lowest BCUT2D eigenvalue weighted by Gasteiger charge is -2.37. The number of benzene rings is 2. The summed E-state index contributed by atoms with van der Waals surface area (Å²) in [6, 6.07) is 14.5. The van der Waals surface area contributed by atoms with Gasteiger partial charge in [-0.3, -0.25) is 4.79 Å². The molecular formula is C32H39FN6OS. The number of halogens is 1. The van der Waals surface area contributed by atoms with Crippen molar-refractivity contribution in [3.63, 3.8) is 0 Å². The Morgan fingerprint density at radius 3 is 2.44 bits per heavy atom. The highest BCUT2D eigenvalue weighted by Gasteiger charge is 2.25. The van der Waals surface area contributed by atoms with E-state index in [2.05, 4.69) is 53.4 Å². The summed E-state index contributed by atoms with van der Waals surface area (Å²) < 4.78 is 12.6. The Kier molecular flexibility index (Phi) is 10.4. The Hall–Kier alpha value is -3.90. The number of thiol groups is 1. The van der Waals surface area contributed by atoms with Gasteiger partial charge in [-0.2, -0.15) is 17.9 Å². The summed E-state index contributed by atoms with van der Waals surface area (Å²) in [6.07, 6.45) is 7.12. The number of carbonyl (C=O) groups is 1. The summed E-state index contributed by atoms with van der Waals surface area (Å²) in [5.74, 6) is 0.325. The molecule has 2 aromatic rings. The van der Waals surface area contributed by atoms with Gasteiger partial charge in [-0.25, -0.2) is 5.54 Å². The quantitative estimate of drug-likeness (QED) is 0.212. The zero-order valence-electron chi connectivity index (χ0n) is 23.9. The molecule has 2 heterocycles. The van der Waals surface area contributed by atoms with Crippen LogP contribution in [0.1, 0.15) is 39.9 Å². The maximum atomic E-state index is 13.6. The van der Waals surface area contributed by atoms with E-state index in [0.717, 1.165) is 59.7 Å². The molecule has 41 heavy (non-hydrogen) atoms. The monoisotopic (exact) mass is 574 g/mol. The second kappa shape index (κ2) is 14.1. The molecular weight excluding hydrogens is 535 g/mol. The fraction of sp³-hybridized carbons (Fsp3) is 0.375. The van der Waals surface area contributed by atoms with Gasteiger partial charge in [-0.1, -0.05) is 30.9 Å². The van der Waals surface area contributed by atoms with Crippen LogP contribution in [0.3, 0.4) is 0 Å². The Bertz CT molecular complexity index is 1340. The van der Waals surface area contributed by atoms with E-state index in [1.165, 1.54) is 0 Å². The molecule has 2 fully saturated rings. The van der Waals surface area contributed by atoms with Crippen LogP contribution in [0.4, 0.5) is 15.9 Å². The fourth-order valence-electron chi connectivity index (χ4n) is 5.43. The number of anilines is 2. The van der Waals surface area contributed by atoms with Crippen molar-refractivity contribution in [1.29, 1.82) is 5.26 Å². The predicted octanol–water partition coefficient (Wildman–Crippen LogP) is 5.37. The molecule has 1 amide bonds. The molecule has 7 nitrogen and oxygen atoms in total. The fourth-order valence-corrected chi connectivity index (χ4v) is 5.59. The van der Waals surface area contributed by atoms with E-state index in [4.69, 9.17) is 0 Å². The highest BCUT2D eigenvalue weighted by Crippen LogP contribution is 2.28. The van der Waals surface area contributed by atoms with Gasteiger partial charge in [0.15, 0.2) is 0 Å². The number of carbonyl (C=O) groups excluding carboxylic acids is 1. The Morgan fingerprint density at radius 2 is 1.78 bits per heavy atom. The van der Waals surface area contributed by atoms with E-state index in [0.29, 0.717) is 43.5 Å². The van der Waals surface area contributed by atoms with Gasteiger partial charge in [-0.15, -0.1) is 4.48 Å². The molecule has 0 radical (unpaired) electrons. The van der Waals surface area contributed by atoms with Crippen LogP contribution in [-0.4, -0.2) is 66.8 Å². The largest absolute Gasteiger partial charge is 0.382 e. The third-order valence-corrected chi connectivity index (χ3v) is 8.21. The summed E-state index contributed by atoms with van der Waals surface area (Å²) in [5.41, 5.74) is 8.37. The molecule has 2 aromatic carbocycles. The third kappa shape index (κ3) is 7.44. The third-order valence-electron chi connectivity index (χ3n) is 7.87. The minimum atomic E-state index is 0.0460. The van der Waals surface area contributed by atoms with Gasteiger partial charge in [0.25, 0.3) is 5.91 Å². The van der Waals surface area contributed by atoms with Gasteiger partial charge in [0.05, 0.1) is 16.9 Å². The van der Waals surface area contributed by atoms with Crippen molar-refractivity contribution in [2.75, 3.05) is 55.2 Å². The van der Waals surface area contributed by atoms with Crippen LogP contribution < -0.4 is 15.8 Å². The number of hydrogen-bond acceptors (Lipinski definition) is 7. The van der Waals surface area contributed by atoms with Crippen LogP contribution >= 0.6 is 12.6 Å². The summed E-state index contributed by atoms with van der Waals surface area (Å²) in [6.45, 7) is 12.5. The number of rotatable bonds is 9. The molecule has 0 bridgehead atoms. The Labute approximate surface area is 248 Å². The number of amides is 1. The molecule has 0 saturated carbocycles. The molecule has 0 atom stereocenters. The van der Waals surface area contributed by atoms with Gasteiger partial charge in [0, 0.05) is 68.0 Å². The SMILES string of the molecule is C=C(/C=C\C=C(/CS)NF)N1CCN(C(=O)c2cc(NC3CCN(c4ccccc4C#N)CC3)c(C)cc2C)CC1. The number of aryl methyl sites for hydroxylation is 2. The lowest BCUT2D eigenvalue weighted by Crippen LogP contribution is -2.48. The molecule has 0 aromatic heterocycles. The average Bonchev–Trinajstić information content (AvgIpc) is 3.00. The van der Waals surface area contributed by atoms with Crippen LogP contribution in [0.25, 0.3) is 0 Å². The number of piperazine rings is 1. The predicted molar refractivity (Wildman–Crippen MR) is 168 cm³/mol. The lowest BCUT2D eigenvalue weighted by molar-refractivity contribution is 0.0672. The van der Waals surface area contributed by atoms with Crippen molar-refractivity contribution in [2.24, 2.45) is 0 Å². The van der Waals surface area contributed by atoms with E-state index in [9.17, 15) is 14.5 Å². The van der Waals surface area contributed by atoms with Gasteiger partial charge in [0.2, 0.25) is 0 Å². The number of nitriles is 1. The Balaban J connectivity index is 1.35. The van der Waals surface area contributed by atoms with Crippen LogP contribution in [0, 0.1) is 25.2 Å². The van der Waals surface area contributed by atoms with Crippen LogP contribution in [0.5, 0.6) is 0 Å². The highest BCUT2D eigenvalue weighted by atomic mass is 32.1. The van der Waals surface area contributed by atoms with Crippen molar-refractivity contribution in [3.8, 4) is 6.07 Å². The zero-order valence-corrected chi connectivity index (χ0v) is 24.8. The number of nitrogens with one attached hydrogen (secondary N) is 2. The highest BCUT2D eigenvalue weighted by molar-refractivity contribution is 7.80. The minimum Gasteiger partial charge on any atom is -0.382 e. The van der Waals surface area contributed by atoms with Gasteiger partial charge in [-0.05, 0) is 68.2 Å². The van der Waals surface area contributed by atoms with Crippen LogP contribution in [0.15, 0.2) is 72.6 Å². The summed E-state index contributed by atoms with van der Waals surface area (Å²) in [7, 11) is 0. The first kappa shape index (κ1) is 30.1. The summed E-state index contributed by atoms with van der Waals surface area (Å²) >= 11 is 4.07. The maximum absolute atomic E-state index is 13.6. The van der Waals surface area contributed by atoms with E-state index in [1.54, 1.807) is 17.7 Å². The van der Waals surface area contributed by atoms with Crippen molar-refractivity contribution in [1.82, 2.24) is 15.3 Å². The van der Waals surface area contributed by atoms with Gasteiger partial charge < -0.3 is 20.0 Å². The number of para-hydroxylation sites is 1. The first-order valence-electron chi connectivity index (χ1n) is 14.0. The average molecular weight is 575 g/mol.